The Hall–Kier alpha value is -2.00. The molecule has 3 N–H and O–H groups in total. The largest absolute Gasteiger partial charge is 0.573 e. The van der Waals surface area contributed by atoms with Crippen molar-refractivity contribution >= 4 is 5.96 Å². The number of aliphatic hydroxyl groups excluding tert-OH is 1. The third-order valence-electron chi connectivity index (χ3n) is 4.41. The van der Waals surface area contributed by atoms with Crippen LogP contribution in [-0.2, 0) is 11.3 Å². The van der Waals surface area contributed by atoms with Crippen molar-refractivity contribution < 1.29 is 27.8 Å². The van der Waals surface area contributed by atoms with E-state index in [0.29, 0.717) is 44.2 Å². The fourth-order valence-electron chi connectivity index (χ4n) is 2.95. The second-order valence-electron chi connectivity index (χ2n) is 6.48. The maximum atomic E-state index is 12.5. The van der Waals surface area contributed by atoms with Gasteiger partial charge in [0.15, 0.2) is 5.96 Å². The number of nitrogens with one attached hydrogen (secondary N) is 2. The van der Waals surface area contributed by atoms with E-state index in [9.17, 15) is 18.3 Å². The first kappa shape index (κ1) is 21.3. The van der Waals surface area contributed by atoms with E-state index in [0.717, 1.165) is 6.42 Å². The van der Waals surface area contributed by atoms with Crippen LogP contribution in [0.4, 0.5) is 13.2 Å². The molecule has 0 aliphatic carbocycles. The average molecular weight is 389 g/mol. The van der Waals surface area contributed by atoms with Gasteiger partial charge in [-0.15, -0.1) is 13.2 Å². The van der Waals surface area contributed by atoms with E-state index in [1.807, 2.05) is 6.92 Å². The van der Waals surface area contributed by atoms with Crippen LogP contribution < -0.4 is 15.4 Å². The van der Waals surface area contributed by atoms with Crippen LogP contribution in [0.5, 0.6) is 5.75 Å². The van der Waals surface area contributed by atoms with E-state index < -0.39 is 6.36 Å². The molecule has 1 aromatic carbocycles. The van der Waals surface area contributed by atoms with Crippen LogP contribution in [0.2, 0.25) is 0 Å². The molecule has 1 atom stereocenters. The molecule has 0 saturated carbocycles. The molecular formula is C18H26F3N3O3. The molecule has 1 aliphatic rings. The van der Waals surface area contributed by atoms with Crippen LogP contribution in [0.3, 0.4) is 0 Å². The lowest BCUT2D eigenvalue weighted by atomic mass is 9.84. The Balaban J connectivity index is 2.05. The summed E-state index contributed by atoms with van der Waals surface area (Å²) in [5.74, 6) is 0.231. The molecule has 27 heavy (non-hydrogen) atoms. The van der Waals surface area contributed by atoms with E-state index in [2.05, 4.69) is 20.4 Å². The first-order valence-electron chi connectivity index (χ1n) is 8.92. The lowest BCUT2D eigenvalue weighted by Gasteiger charge is -2.27. The number of guanidine groups is 1. The Morgan fingerprint density at radius 2 is 2.11 bits per heavy atom. The number of alkyl halides is 3. The number of aliphatic imine (C=N–C) groups is 1. The van der Waals surface area contributed by atoms with Gasteiger partial charge in [-0.05, 0) is 25.8 Å². The van der Waals surface area contributed by atoms with Crippen molar-refractivity contribution in [1.82, 2.24) is 10.6 Å². The second-order valence-corrected chi connectivity index (χ2v) is 6.48. The Kier molecular flexibility index (Phi) is 7.73. The summed E-state index contributed by atoms with van der Waals surface area (Å²) in [4.78, 5) is 4.37. The van der Waals surface area contributed by atoms with Gasteiger partial charge in [-0.2, -0.15) is 0 Å². The van der Waals surface area contributed by atoms with E-state index in [4.69, 9.17) is 4.74 Å². The second kappa shape index (κ2) is 9.80. The molecule has 1 unspecified atom stereocenters. The van der Waals surface area contributed by atoms with Gasteiger partial charge in [-0.25, -0.2) is 4.99 Å². The molecule has 0 spiro atoms. The van der Waals surface area contributed by atoms with Crippen LogP contribution in [-0.4, -0.2) is 50.3 Å². The van der Waals surface area contributed by atoms with Crippen molar-refractivity contribution in [2.75, 3.05) is 32.9 Å². The van der Waals surface area contributed by atoms with Crippen molar-refractivity contribution in [2.24, 2.45) is 10.4 Å². The topological polar surface area (TPSA) is 75.1 Å². The van der Waals surface area contributed by atoms with Gasteiger partial charge in [0.25, 0.3) is 0 Å². The van der Waals surface area contributed by atoms with Crippen LogP contribution in [0, 0.1) is 5.41 Å². The van der Waals surface area contributed by atoms with E-state index in [1.165, 1.54) is 12.1 Å². The quantitative estimate of drug-likeness (QED) is 0.470. The number of ether oxygens (including phenoxy) is 2. The van der Waals surface area contributed by atoms with E-state index in [1.54, 1.807) is 12.1 Å². The number of para-hydroxylation sites is 1. The van der Waals surface area contributed by atoms with Crippen LogP contribution >= 0.6 is 0 Å². The van der Waals surface area contributed by atoms with E-state index >= 15 is 0 Å². The summed E-state index contributed by atoms with van der Waals surface area (Å²) in [6, 6.07) is 5.94. The van der Waals surface area contributed by atoms with Gasteiger partial charge >= 0.3 is 6.36 Å². The first-order chi connectivity index (χ1) is 12.9. The Morgan fingerprint density at radius 3 is 2.74 bits per heavy atom. The molecule has 1 fully saturated rings. The van der Waals surface area contributed by atoms with Gasteiger partial charge in [0.1, 0.15) is 5.75 Å². The fourth-order valence-corrected chi connectivity index (χ4v) is 2.95. The number of hydrogen-bond donors (Lipinski definition) is 3. The summed E-state index contributed by atoms with van der Waals surface area (Å²) in [6.07, 6.45) is -3.30. The normalized spacial score (nSPS) is 20.6. The summed E-state index contributed by atoms with van der Waals surface area (Å²) in [5.41, 5.74) is 0.170. The summed E-state index contributed by atoms with van der Waals surface area (Å²) in [7, 11) is 0. The minimum Gasteiger partial charge on any atom is -0.405 e. The standard InChI is InChI=1S/C18H26F3N3O3/c1-2-22-16(24-12-17(7-9-25)8-10-26-13-17)23-11-14-5-3-4-6-15(14)27-18(19,20)21/h3-6,25H,2,7-13H2,1H3,(H2,22,23,24). The molecule has 1 saturated heterocycles. The molecule has 0 aromatic heterocycles. The highest BCUT2D eigenvalue weighted by molar-refractivity contribution is 5.79. The molecule has 0 radical (unpaired) electrons. The third kappa shape index (κ3) is 6.91. The zero-order chi connectivity index (χ0) is 19.8. The van der Waals surface area contributed by atoms with Gasteiger partial charge in [-0.3, -0.25) is 0 Å². The number of halogens is 3. The Bertz CT molecular complexity index is 617. The highest BCUT2D eigenvalue weighted by Gasteiger charge is 2.34. The van der Waals surface area contributed by atoms with Gasteiger partial charge in [0.05, 0.1) is 13.2 Å². The lowest BCUT2D eigenvalue weighted by molar-refractivity contribution is -0.274. The molecular weight excluding hydrogens is 363 g/mol. The Labute approximate surface area is 156 Å². The first-order valence-corrected chi connectivity index (χ1v) is 8.92. The van der Waals surface area contributed by atoms with Gasteiger partial charge < -0.3 is 25.2 Å². The highest BCUT2D eigenvalue weighted by Crippen LogP contribution is 2.31. The number of benzene rings is 1. The molecule has 0 amide bonds. The smallest absolute Gasteiger partial charge is 0.405 e. The van der Waals surface area contributed by atoms with Crippen LogP contribution in [0.15, 0.2) is 29.3 Å². The zero-order valence-electron chi connectivity index (χ0n) is 15.3. The van der Waals surface area contributed by atoms with Gasteiger partial charge in [0, 0.05) is 37.3 Å². The SMILES string of the molecule is CCNC(=NCc1ccccc1OC(F)(F)F)NCC1(CCO)CCOC1. The minimum atomic E-state index is -4.75. The maximum Gasteiger partial charge on any atom is 0.573 e. The molecule has 6 nitrogen and oxygen atoms in total. The minimum absolute atomic E-state index is 0.0328. The molecule has 9 heteroatoms. The highest BCUT2D eigenvalue weighted by atomic mass is 19.4. The van der Waals surface area contributed by atoms with Gasteiger partial charge in [-0.1, -0.05) is 18.2 Å². The Morgan fingerprint density at radius 1 is 1.33 bits per heavy atom. The zero-order valence-corrected chi connectivity index (χ0v) is 15.3. The predicted octanol–water partition coefficient (Wildman–Crippen LogP) is 2.43. The van der Waals surface area contributed by atoms with Crippen molar-refractivity contribution in [1.29, 1.82) is 0 Å². The summed E-state index contributed by atoms with van der Waals surface area (Å²) in [6.45, 7) is 4.38. The monoisotopic (exact) mass is 389 g/mol. The number of hydrogen-bond acceptors (Lipinski definition) is 4. The van der Waals surface area contributed by atoms with Crippen LogP contribution in [0.25, 0.3) is 0 Å². The molecule has 0 bridgehead atoms. The summed E-state index contributed by atoms with van der Waals surface area (Å²) in [5, 5.41) is 15.6. The average Bonchev–Trinajstić information content (AvgIpc) is 3.06. The number of nitrogens with zero attached hydrogens (tertiary/aromatic N) is 1. The molecule has 1 aromatic rings. The summed E-state index contributed by atoms with van der Waals surface area (Å²) < 4.78 is 47.1. The number of rotatable bonds is 8. The van der Waals surface area contributed by atoms with Crippen LogP contribution in [0.1, 0.15) is 25.3 Å². The number of aliphatic hydroxyl groups is 1. The summed E-state index contributed by atoms with van der Waals surface area (Å²) >= 11 is 0. The van der Waals surface area contributed by atoms with Crippen molar-refractivity contribution in [3.8, 4) is 5.75 Å². The molecule has 2 rings (SSSR count). The van der Waals surface area contributed by atoms with Crippen molar-refractivity contribution in [3.63, 3.8) is 0 Å². The molecule has 1 aliphatic heterocycles. The van der Waals surface area contributed by atoms with Crippen molar-refractivity contribution in [3.05, 3.63) is 29.8 Å². The van der Waals surface area contributed by atoms with Gasteiger partial charge in [0.2, 0.25) is 0 Å². The maximum absolute atomic E-state index is 12.5. The lowest BCUT2D eigenvalue weighted by Crippen LogP contribution is -2.44. The fraction of sp³-hybridized carbons (Fsp3) is 0.611. The van der Waals surface area contributed by atoms with E-state index in [-0.39, 0.29) is 24.3 Å². The molecule has 1 heterocycles. The molecule has 152 valence electrons. The predicted molar refractivity (Wildman–Crippen MR) is 95.5 cm³/mol. The third-order valence-corrected chi connectivity index (χ3v) is 4.41. The van der Waals surface area contributed by atoms with Crippen molar-refractivity contribution in [2.45, 2.75) is 32.7 Å².